The Hall–Kier alpha value is -2.38. The van der Waals surface area contributed by atoms with Crippen LogP contribution in [0.4, 0.5) is 0 Å². The van der Waals surface area contributed by atoms with Gasteiger partial charge in [0.25, 0.3) is 0 Å². The van der Waals surface area contributed by atoms with Crippen molar-refractivity contribution in [1.82, 2.24) is 0 Å². The van der Waals surface area contributed by atoms with Crippen LogP contribution in [0.2, 0.25) is 0 Å². The van der Waals surface area contributed by atoms with Gasteiger partial charge in [-0.05, 0) is 27.7 Å². The van der Waals surface area contributed by atoms with Gasteiger partial charge in [0.2, 0.25) is 0 Å². The van der Waals surface area contributed by atoms with E-state index in [4.69, 9.17) is 104 Å². The third-order valence-electron chi connectivity index (χ3n) is 9.32. The lowest BCUT2D eigenvalue weighted by Gasteiger charge is -2.21. The summed E-state index contributed by atoms with van der Waals surface area (Å²) in [5.41, 5.74) is 0. The van der Waals surface area contributed by atoms with Crippen LogP contribution in [0.3, 0.4) is 0 Å². The molecule has 450 valence electrons. The predicted molar refractivity (Wildman–Crippen MR) is 277 cm³/mol. The predicted octanol–water partition coefficient (Wildman–Crippen LogP) is 2.33. The van der Waals surface area contributed by atoms with Crippen molar-refractivity contribution >= 4 is 11.9 Å². The normalized spacial score (nSPS) is 13.2. The lowest BCUT2D eigenvalue weighted by molar-refractivity contribution is -0.143. The molecule has 0 aromatic rings. The molecular formula is C52H98O24. The lowest BCUT2D eigenvalue weighted by Crippen LogP contribution is -2.28. The highest BCUT2D eigenvalue weighted by Gasteiger charge is 2.13. The van der Waals surface area contributed by atoms with Crippen molar-refractivity contribution in [1.29, 1.82) is 0 Å². The molecule has 24 heteroatoms. The quantitative estimate of drug-likeness (QED) is 0.0483. The Kier molecular flexibility index (Phi) is 59.9. The van der Waals surface area contributed by atoms with Crippen molar-refractivity contribution in [2.45, 2.75) is 52.1 Å². The first-order chi connectivity index (χ1) is 37.3. The Morgan fingerprint density at radius 1 is 0.250 bits per heavy atom. The minimum atomic E-state index is -0.472. The fourth-order valence-electron chi connectivity index (χ4n) is 5.32. The van der Waals surface area contributed by atoms with E-state index in [-0.39, 0.29) is 37.6 Å². The van der Waals surface area contributed by atoms with Crippen molar-refractivity contribution in [3.63, 3.8) is 0 Å². The summed E-state index contributed by atoms with van der Waals surface area (Å²) in [6.07, 6.45) is 1.66. The van der Waals surface area contributed by atoms with Crippen molar-refractivity contribution in [2.75, 3.05) is 251 Å². The standard InChI is InChI=1S/C52H98O24/c1-7-51(53)72-42-40-70-38-36-68-34-32-66-30-28-64-26-24-62-22-20-60-18-16-58-14-12-56-10-9-55-11-13-57-15-17-59-19-21-61-23-25-63-27-29-65-31-33-67-35-37-69-39-41-71-47(3)43-73-48(4)44-74-49(5)45-75-50(6)46-76-52(54)8-2/h7-8,47-50H,1-2,9-46H2,3-6H3. The maximum absolute atomic E-state index is 11.1. The number of esters is 2. The van der Waals surface area contributed by atoms with E-state index in [1.165, 1.54) is 0 Å². The molecule has 0 amide bonds. The second kappa shape index (κ2) is 61.8. The second-order valence-corrected chi connectivity index (χ2v) is 16.1. The number of carbonyl (C=O) groups excluding carboxylic acids is 2. The average molecular weight is 1110 g/mol. The van der Waals surface area contributed by atoms with E-state index < -0.39 is 11.9 Å². The van der Waals surface area contributed by atoms with Gasteiger partial charge in [-0.15, -0.1) is 0 Å². The van der Waals surface area contributed by atoms with Crippen molar-refractivity contribution in [3.05, 3.63) is 25.3 Å². The number of rotatable bonds is 65. The fourth-order valence-corrected chi connectivity index (χ4v) is 5.32. The molecule has 4 unspecified atom stereocenters. The van der Waals surface area contributed by atoms with Crippen LogP contribution in [0.5, 0.6) is 0 Å². The summed E-state index contributed by atoms with van der Waals surface area (Å²) in [7, 11) is 0. The summed E-state index contributed by atoms with van der Waals surface area (Å²) in [6.45, 7) is 31.3. The molecule has 0 rings (SSSR count). The Labute approximate surface area is 453 Å². The molecule has 0 saturated heterocycles. The van der Waals surface area contributed by atoms with Gasteiger partial charge in [-0.3, -0.25) is 0 Å². The van der Waals surface area contributed by atoms with E-state index in [1.54, 1.807) is 0 Å². The number of carbonyl (C=O) groups is 2. The topological polar surface area (TPSA) is 237 Å². The summed E-state index contributed by atoms with van der Waals surface area (Å²) >= 11 is 0. The molecule has 0 aliphatic carbocycles. The summed E-state index contributed by atoms with van der Waals surface area (Å²) < 4.78 is 121. The van der Waals surface area contributed by atoms with E-state index >= 15 is 0 Å². The maximum atomic E-state index is 11.1. The molecule has 0 fully saturated rings. The van der Waals surface area contributed by atoms with Crippen LogP contribution in [-0.2, 0) is 114 Å². The highest BCUT2D eigenvalue weighted by Crippen LogP contribution is 2.03. The zero-order chi connectivity index (χ0) is 55.3. The van der Waals surface area contributed by atoms with E-state index in [0.29, 0.717) is 238 Å². The molecule has 0 aliphatic heterocycles. The molecule has 0 aromatic heterocycles. The van der Waals surface area contributed by atoms with Gasteiger partial charge < -0.3 is 104 Å². The van der Waals surface area contributed by atoms with Crippen LogP contribution in [0.25, 0.3) is 0 Å². The van der Waals surface area contributed by atoms with Crippen LogP contribution in [0.1, 0.15) is 27.7 Å². The van der Waals surface area contributed by atoms with Crippen LogP contribution in [0, 0.1) is 0 Å². The Morgan fingerprint density at radius 2 is 0.421 bits per heavy atom. The molecule has 0 saturated carbocycles. The van der Waals surface area contributed by atoms with E-state index in [1.807, 2.05) is 27.7 Å². The van der Waals surface area contributed by atoms with Gasteiger partial charge >= 0.3 is 11.9 Å². The van der Waals surface area contributed by atoms with Gasteiger partial charge in [0, 0.05) is 12.2 Å². The van der Waals surface area contributed by atoms with Crippen molar-refractivity contribution < 1.29 is 114 Å². The molecule has 0 N–H and O–H groups in total. The zero-order valence-electron chi connectivity index (χ0n) is 46.5. The molecule has 0 radical (unpaired) electrons. The fraction of sp³-hybridized carbons (Fsp3) is 0.885. The first-order valence-electron chi connectivity index (χ1n) is 26.6. The average Bonchev–Trinajstić information content (AvgIpc) is 3.42. The van der Waals surface area contributed by atoms with Crippen LogP contribution in [0.15, 0.2) is 25.3 Å². The zero-order valence-corrected chi connectivity index (χ0v) is 46.5. The largest absolute Gasteiger partial charge is 0.460 e. The molecule has 4 atom stereocenters. The molecule has 0 aliphatic rings. The van der Waals surface area contributed by atoms with Gasteiger partial charge in [0.15, 0.2) is 0 Å². The second-order valence-electron chi connectivity index (χ2n) is 16.1. The SMILES string of the molecule is C=CC(=O)OCCOCCOCCOCCOCCOCCOCCOCCOCCOCCOCCOCCOCCOCCOCCOCCOCCOC(C)COC(C)COC(C)COC(C)COC(=O)C=C. The third-order valence-corrected chi connectivity index (χ3v) is 9.32. The number of ether oxygens (including phenoxy) is 22. The van der Waals surface area contributed by atoms with E-state index in [2.05, 4.69) is 13.2 Å². The smallest absolute Gasteiger partial charge is 0.330 e. The Bertz CT molecular complexity index is 1220. The Balaban J connectivity index is 3.21. The number of hydrogen-bond acceptors (Lipinski definition) is 24. The summed E-state index contributed by atoms with van der Waals surface area (Å²) in [5.74, 6) is -0.938. The highest BCUT2D eigenvalue weighted by atomic mass is 16.6. The van der Waals surface area contributed by atoms with E-state index in [0.717, 1.165) is 12.2 Å². The van der Waals surface area contributed by atoms with Gasteiger partial charge in [-0.25, -0.2) is 9.59 Å². The minimum Gasteiger partial charge on any atom is -0.460 e. The van der Waals surface area contributed by atoms with Crippen molar-refractivity contribution in [2.24, 2.45) is 0 Å². The van der Waals surface area contributed by atoms with Crippen LogP contribution in [-0.4, -0.2) is 287 Å². The first-order valence-corrected chi connectivity index (χ1v) is 26.6. The minimum absolute atomic E-state index is 0.0884. The van der Waals surface area contributed by atoms with Gasteiger partial charge in [-0.1, -0.05) is 13.2 Å². The van der Waals surface area contributed by atoms with Crippen LogP contribution < -0.4 is 0 Å². The summed E-state index contributed by atoms with van der Waals surface area (Å²) in [4.78, 5) is 22.0. The third kappa shape index (κ3) is 60.8. The Morgan fingerprint density at radius 3 is 0.645 bits per heavy atom. The monoisotopic (exact) mass is 1110 g/mol. The number of hydrogen-bond donors (Lipinski definition) is 0. The molecule has 24 nitrogen and oxygen atoms in total. The van der Waals surface area contributed by atoms with Gasteiger partial charge in [0.05, 0.1) is 262 Å². The molecule has 0 heterocycles. The molecular weight excluding hydrogens is 1010 g/mol. The molecule has 0 bridgehead atoms. The summed E-state index contributed by atoms with van der Waals surface area (Å²) in [5, 5.41) is 0. The van der Waals surface area contributed by atoms with Gasteiger partial charge in [0.1, 0.15) is 13.2 Å². The van der Waals surface area contributed by atoms with Gasteiger partial charge in [-0.2, -0.15) is 0 Å². The first kappa shape index (κ1) is 73.6. The molecule has 0 aromatic carbocycles. The molecule has 76 heavy (non-hydrogen) atoms. The maximum Gasteiger partial charge on any atom is 0.330 e. The van der Waals surface area contributed by atoms with Crippen LogP contribution >= 0.6 is 0 Å². The highest BCUT2D eigenvalue weighted by molar-refractivity contribution is 5.81. The van der Waals surface area contributed by atoms with Crippen molar-refractivity contribution in [3.8, 4) is 0 Å². The van der Waals surface area contributed by atoms with E-state index in [9.17, 15) is 9.59 Å². The lowest BCUT2D eigenvalue weighted by atomic mass is 10.3. The summed E-state index contributed by atoms with van der Waals surface area (Å²) in [6, 6.07) is 0. The molecule has 0 spiro atoms.